The molecule has 8 nitrogen and oxygen atoms in total. The van der Waals surface area contributed by atoms with Gasteiger partial charge in [-0.15, -0.1) is 0 Å². The molecular weight excluding hydrogens is 330 g/mol. The first-order valence-corrected chi connectivity index (χ1v) is 7.80. The van der Waals surface area contributed by atoms with Crippen molar-refractivity contribution in [3.63, 3.8) is 0 Å². The van der Waals surface area contributed by atoms with Crippen LogP contribution in [0.1, 0.15) is 13.8 Å². The van der Waals surface area contributed by atoms with E-state index in [0.29, 0.717) is 11.1 Å². The van der Waals surface area contributed by atoms with E-state index in [2.05, 4.69) is 0 Å². The first kappa shape index (κ1) is 17.7. The highest BCUT2D eigenvalue weighted by Gasteiger charge is 2.50. The molecule has 8 heteroatoms. The fourth-order valence-electron chi connectivity index (χ4n) is 3.02. The van der Waals surface area contributed by atoms with Gasteiger partial charge in [-0.3, -0.25) is 0 Å². The van der Waals surface area contributed by atoms with Crippen LogP contribution in [-0.4, -0.2) is 47.5 Å². The average molecular weight is 351 g/mol. The Morgan fingerprint density at radius 1 is 1.20 bits per heavy atom. The third-order valence-corrected chi connectivity index (χ3v) is 4.28. The zero-order valence-electron chi connectivity index (χ0n) is 14.1. The first-order valence-electron chi connectivity index (χ1n) is 7.80. The first-order chi connectivity index (χ1) is 11.7. The molecule has 1 aromatic heterocycles. The number of hydrogen-bond acceptors (Lipinski definition) is 8. The average Bonchev–Trinajstić information content (AvgIpc) is 2.54. The van der Waals surface area contributed by atoms with E-state index in [1.54, 1.807) is 26.0 Å². The lowest BCUT2D eigenvalue weighted by Gasteiger charge is -2.46. The molecule has 1 aliphatic rings. The number of rotatable bonds is 3. The topological polar surface area (TPSA) is 124 Å². The van der Waals surface area contributed by atoms with Crippen molar-refractivity contribution in [3.05, 3.63) is 34.7 Å². The summed E-state index contributed by atoms with van der Waals surface area (Å²) in [7, 11) is 1.43. The maximum absolute atomic E-state index is 11.5. The molecule has 1 aromatic carbocycles. The largest absolute Gasteiger partial charge is 0.462 e. The lowest BCUT2D eigenvalue weighted by Crippen LogP contribution is -2.63. The number of benzene rings is 1. The Balaban J connectivity index is 1.87. The molecule has 1 aliphatic heterocycles. The Labute approximate surface area is 143 Å². The van der Waals surface area contributed by atoms with E-state index in [9.17, 15) is 15.0 Å². The van der Waals surface area contributed by atoms with Crippen LogP contribution in [0.5, 0.6) is 5.75 Å². The van der Waals surface area contributed by atoms with E-state index >= 15 is 0 Å². The fraction of sp³-hybridized carbons (Fsp3) is 0.471. The van der Waals surface area contributed by atoms with Gasteiger partial charge in [-0.1, -0.05) is 0 Å². The second-order valence-corrected chi connectivity index (χ2v) is 6.53. The minimum Gasteiger partial charge on any atom is -0.462 e. The summed E-state index contributed by atoms with van der Waals surface area (Å²) in [6.07, 6.45) is -4.32. The normalized spacial score (nSPS) is 28.8. The standard InChI is InChI=1S/C17H21NO7/c1-17(2)14(22-3)12(19)13(20)16(25-17)23-9-5-4-8-6-10(18)15(21)24-11(8)7-9/h4-7,12-14,16,19-20H,18H2,1-3H3/t12-,13+,14+,16+/m0/s1. The predicted molar refractivity (Wildman–Crippen MR) is 89.3 cm³/mol. The van der Waals surface area contributed by atoms with E-state index in [4.69, 9.17) is 24.4 Å². The number of methoxy groups -OCH3 is 1. The van der Waals surface area contributed by atoms with Crippen LogP contribution >= 0.6 is 0 Å². The zero-order valence-corrected chi connectivity index (χ0v) is 14.1. The highest BCUT2D eigenvalue weighted by atomic mass is 16.7. The molecule has 0 spiro atoms. The molecule has 4 N–H and O–H groups in total. The molecule has 0 amide bonds. The van der Waals surface area contributed by atoms with Crippen LogP contribution in [-0.2, 0) is 9.47 Å². The van der Waals surface area contributed by atoms with Crippen LogP contribution in [0.2, 0.25) is 0 Å². The summed E-state index contributed by atoms with van der Waals surface area (Å²) in [6, 6.07) is 6.29. The van der Waals surface area contributed by atoms with E-state index in [1.165, 1.54) is 19.2 Å². The van der Waals surface area contributed by atoms with Crippen molar-refractivity contribution in [2.24, 2.45) is 0 Å². The third kappa shape index (κ3) is 3.21. The number of nitrogens with two attached hydrogens (primary N) is 1. The van der Waals surface area contributed by atoms with Crippen molar-refractivity contribution >= 4 is 16.7 Å². The van der Waals surface area contributed by atoms with Crippen LogP contribution < -0.4 is 16.1 Å². The Morgan fingerprint density at radius 3 is 2.60 bits per heavy atom. The summed E-state index contributed by atoms with van der Waals surface area (Å²) in [5.41, 5.74) is 4.32. The quantitative estimate of drug-likeness (QED) is 0.688. The molecule has 3 rings (SSSR count). The maximum atomic E-state index is 11.5. The molecule has 0 saturated carbocycles. The summed E-state index contributed by atoms with van der Waals surface area (Å²) < 4.78 is 21.7. The second kappa shape index (κ2) is 6.30. The number of anilines is 1. The van der Waals surface area contributed by atoms with Crippen LogP contribution in [0, 0.1) is 0 Å². The van der Waals surface area contributed by atoms with Gasteiger partial charge in [0.25, 0.3) is 0 Å². The van der Waals surface area contributed by atoms with Crippen molar-refractivity contribution in [1.82, 2.24) is 0 Å². The minimum absolute atomic E-state index is 0.0164. The van der Waals surface area contributed by atoms with Gasteiger partial charge in [0.2, 0.25) is 6.29 Å². The molecule has 0 bridgehead atoms. The molecule has 0 aliphatic carbocycles. The summed E-state index contributed by atoms with van der Waals surface area (Å²) in [5, 5.41) is 21.1. The maximum Gasteiger partial charge on any atom is 0.359 e. The van der Waals surface area contributed by atoms with Crippen LogP contribution in [0.3, 0.4) is 0 Å². The Morgan fingerprint density at radius 2 is 1.92 bits per heavy atom. The van der Waals surface area contributed by atoms with Crippen LogP contribution in [0.25, 0.3) is 11.0 Å². The summed E-state index contributed by atoms with van der Waals surface area (Å²) in [4.78, 5) is 11.5. The Kier molecular flexibility index (Phi) is 4.46. The SMILES string of the molecule is CO[C@@H]1[C@@H](O)[C@@H](O)[C@H](Oc2ccc3cc(N)c(=O)oc3c2)OC1(C)C. The Hall–Kier alpha value is -2.13. The number of ether oxygens (including phenoxy) is 3. The van der Waals surface area contributed by atoms with Crippen molar-refractivity contribution < 1.29 is 28.8 Å². The van der Waals surface area contributed by atoms with Crippen LogP contribution in [0.15, 0.2) is 33.5 Å². The van der Waals surface area contributed by atoms with Gasteiger partial charge in [0.15, 0.2) is 0 Å². The smallest absolute Gasteiger partial charge is 0.359 e. The van der Waals surface area contributed by atoms with Gasteiger partial charge in [0.1, 0.15) is 35.3 Å². The molecule has 0 unspecified atom stereocenters. The molecule has 4 atom stereocenters. The van der Waals surface area contributed by atoms with Gasteiger partial charge < -0.3 is 34.6 Å². The highest BCUT2D eigenvalue weighted by molar-refractivity contribution is 5.80. The van der Waals surface area contributed by atoms with Crippen molar-refractivity contribution in [3.8, 4) is 5.75 Å². The lowest BCUT2D eigenvalue weighted by atomic mass is 9.89. The lowest BCUT2D eigenvalue weighted by molar-refractivity contribution is -0.305. The molecule has 136 valence electrons. The number of nitrogen functional groups attached to an aromatic ring is 1. The predicted octanol–water partition coefficient (Wildman–Crippen LogP) is 0.626. The second-order valence-electron chi connectivity index (χ2n) is 6.53. The molecule has 0 radical (unpaired) electrons. The minimum atomic E-state index is -1.31. The van der Waals surface area contributed by atoms with Crippen molar-refractivity contribution in [2.75, 3.05) is 12.8 Å². The molecule has 1 saturated heterocycles. The number of aliphatic hydroxyl groups is 2. The van der Waals surface area contributed by atoms with Gasteiger partial charge in [-0.25, -0.2) is 4.79 Å². The van der Waals surface area contributed by atoms with Gasteiger partial charge in [-0.05, 0) is 32.0 Å². The summed E-state index contributed by atoms with van der Waals surface area (Å²) >= 11 is 0. The molecule has 2 aromatic rings. The number of hydrogen-bond donors (Lipinski definition) is 3. The van der Waals surface area contributed by atoms with E-state index < -0.39 is 35.8 Å². The van der Waals surface area contributed by atoms with E-state index in [-0.39, 0.29) is 11.3 Å². The van der Waals surface area contributed by atoms with Gasteiger partial charge >= 0.3 is 5.63 Å². The summed E-state index contributed by atoms with van der Waals surface area (Å²) in [6.45, 7) is 3.46. The molecule has 2 heterocycles. The summed E-state index contributed by atoms with van der Waals surface area (Å²) in [5.74, 6) is 0.309. The fourth-order valence-corrected chi connectivity index (χ4v) is 3.02. The van der Waals surface area contributed by atoms with E-state index in [0.717, 1.165) is 0 Å². The van der Waals surface area contributed by atoms with E-state index in [1.807, 2.05) is 0 Å². The van der Waals surface area contributed by atoms with Gasteiger partial charge in [0.05, 0.1) is 5.60 Å². The molecule has 1 fully saturated rings. The monoisotopic (exact) mass is 351 g/mol. The van der Waals surface area contributed by atoms with Crippen LogP contribution in [0.4, 0.5) is 5.69 Å². The third-order valence-electron chi connectivity index (χ3n) is 4.28. The molecule has 25 heavy (non-hydrogen) atoms. The van der Waals surface area contributed by atoms with Gasteiger partial charge in [0, 0.05) is 18.6 Å². The highest BCUT2D eigenvalue weighted by Crippen LogP contribution is 2.33. The molecular formula is C17H21NO7. The van der Waals surface area contributed by atoms with Gasteiger partial charge in [-0.2, -0.15) is 0 Å². The van der Waals surface area contributed by atoms with Crippen molar-refractivity contribution in [2.45, 2.75) is 44.1 Å². The number of fused-ring (bicyclic) bond motifs is 1. The number of aliphatic hydroxyl groups excluding tert-OH is 2. The Bertz CT molecular complexity index is 831. The zero-order chi connectivity index (χ0) is 18.4. The van der Waals surface area contributed by atoms with Crippen molar-refractivity contribution in [1.29, 1.82) is 0 Å².